The van der Waals surface area contributed by atoms with Gasteiger partial charge in [-0.15, -0.1) is 0 Å². The molecular weight excluding hydrogens is 452 g/mol. The SMILES string of the molecule is CC(C)(C)c1ccc(OCCCC(=O)Nc2ccc(CN3CCCCC3)cc2)c(Br)c1. The maximum atomic E-state index is 12.3. The Labute approximate surface area is 195 Å². The Morgan fingerprint density at radius 2 is 1.77 bits per heavy atom. The number of hydrogen-bond donors (Lipinski definition) is 1. The topological polar surface area (TPSA) is 41.6 Å². The Kier molecular flexibility index (Phi) is 8.56. The molecule has 3 rings (SSSR count). The van der Waals surface area contributed by atoms with E-state index in [0.717, 1.165) is 22.5 Å². The lowest BCUT2D eigenvalue weighted by Gasteiger charge is -2.26. The van der Waals surface area contributed by atoms with Crippen LogP contribution in [0.15, 0.2) is 46.9 Å². The summed E-state index contributed by atoms with van der Waals surface area (Å²) in [6.45, 7) is 10.5. The first-order valence-corrected chi connectivity index (χ1v) is 12.1. The summed E-state index contributed by atoms with van der Waals surface area (Å²) in [5.74, 6) is 0.840. The van der Waals surface area contributed by atoms with E-state index < -0.39 is 0 Å². The Hall–Kier alpha value is -1.85. The maximum Gasteiger partial charge on any atom is 0.224 e. The monoisotopic (exact) mass is 486 g/mol. The molecule has 1 N–H and O–H groups in total. The molecule has 0 radical (unpaired) electrons. The average Bonchev–Trinajstić information content (AvgIpc) is 2.73. The molecular formula is C26H35BrN2O2. The van der Waals surface area contributed by atoms with Gasteiger partial charge < -0.3 is 10.1 Å². The van der Waals surface area contributed by atoms with E-state index in [1.807, 2.05) is 18.2 Å². The largest absolute Gasteiger partial charge is 0.492 e. The summed E-state index contributed by atoms with van der Waals surface area (Å²) >= 11 is 3.59. The first-order valence-electron chi connectivity index (χ1n) is 11.4. The molecule has 1 fully saturated rings. The van der Waals surface area contributed by atoms with Crippen LogP contribution in [0.1, 0.15) is 64.0 Å². The molecule has 2 aromatic carbocycles. The zero-order valence-corrected chi connectivity index (χ0v) is 20.6. The van der Waals surface area contributed by atoms with E-state index in [0.29, 0.717) is 19.4 Å². The van der Waals surface area contributed by atoms with Crippen molar-refractivity contribution in [2.24, 2.45) is 0 Å². The van der Waals surface area contributed by atoms with Gasteiger partial charge >= 0.3 is 0 Å². The third-order valence-corrected chi connectivity index (χ3v) is 6.32. The van der Waals surface area contributed by atoms with Gasteiger partial charge in [-0.05, 0) is 89.1 Å². The second-order valence-electron chi connectivity index (χ2n) is 9.43. The van der Waals surface area contributed by atoms with E-state index in [1.54, 1.807) is 0 Å². The summed E-state index contributed by atoms with van der Waals surface area (Å²) in [5.41, 5.74) is 3.52. The highest BCUT2D eigenvalue weighted by molar-refractivity contribution is 9.10. The third kappa shape index (κ3) is 7.65. The van der Waals surface area contributed by atoms with Gasteiger partial charge in [0, 0.05) is 18.7 Å². The highest BCUT2D eigenvalue weighted by Crippen LogP contribution is 2.31. The molecule has 0 bridgehead atoms. The van der Waals surface area contributed by atoms with E-state index in [1.165, 1.54) is 43.5 Å². The fourth-order valence-corrected chi connectivity index (χ4v) is 4.29. The van der Waals surface area contributed by atoms with Gasteiger partial charge in [-0.3, -0.25) is 9.69 Å². The molecule has 1 saturated heterocycles. The van der Waals surface area contributed by atoms with Crippen LogP contribution in [0.5, 0.6) is 5.75 Å². The Morgan fingerprint density at radius 1 is 1.06 bits per heavy atom. The molecule has 1 amide bonds. The van der Waals surface area contributed by atoms with Crippen molar-refractivity contribution in [2.75, 3.05) is 25.0 Å². The average molecular weight is 487 g/mol. The van der Waals surface area contributed by atoms with Crippen LogP contribution in [-0.4, -0.2) is 30.5 Å². The van der Waals surface area contributed by atoms with Gasteiger partial charge in [-0.25, -0.2) is 0 Å². The molecule has 0 spiro atoms. The summed E-state index contributed by atoms with van der Waals surface area (Å²) in [4.78, 5) is 14.8. The lowest BCUT2D eigenvalue weighted by Crippen LogP contribution is -2.29. The van der Waals surface area contributed by atoms with Crippen LogP contribution in [0.25, 0.3) is 0 Å². The highest BCUT2D eigenvalue weighted by atomic mass is 79.9. The number of halogens is 1. The number of rotatable bonds is 8. The van der Waals surface area contributed by atoms with E-state index >= 15 is 0 Å². The fraction of sp³-hybridized carbons (Fsp3) is 0.500. The number of likely N-dealkylation sites (tertiary alicyclic amines) is 1. The van der Waals surface area contributed by atoms with Crippen molar-refractivity contribution in [1.29, 1.82) is 0 Å². The zero-order valence-electron chi connectivity index (χ0n) is 19.0. The van der Waals surface area contributed by atoms with E-state index in [2.05, 4.69) is 71.2 Å². The van der Waals surface area contributed by atoms with Crippen molar-refractivity contribution in [1.82, 2.24) is 4.90 Å². The van der Waals surface area contributed by atoms with Crippen LogP contribution < -0.4 is 10.1 Å². The van der Waals surface area contributed by atoms with Gasteiger partial charge in [-0.1, -0.05) is 45.4 Å². The number of nitrogens with one attached hydrogen (secondary N) is 1. The molecule has 4 nitrogen and oxygen atoms in total. The second-order valence-corrected chi connectivity index (χ2v) is 10.3. The minimum absolute atomic E-state index is 0.0227. The highest BCUT2D eigenvalue weighted by Gasteiger charge is 2.15. The quantitative estimate of drug-likeness (QED) is 0.431. The van der Waals surface area contributed by atoms with Gasteiger partial charge in [0.05, 0.1) is 11.1 Å². The smallest absolute Gasteiger partial charge is 0.224 e. The number of amides is 1. The van der Waals surface area contributed by atoms with Gasteiger partial charge in [-0.2, -0.15) is 0 Å². The molecule has 0 saturated carbocycles. The number of piperidine rings is 1. The van der Waals surface area contributed by atoms with Crippen molar-refractivity contribution < 1.29 is 9.53 Å². The zero-order chi connectivity index (χ0) is 22.3. The molecule has 0 aliphatic carbocycles. The molecule has 1 heterocycles. The first kappa shape index (κ1) is 23.8. The second kappa shape index (κ2) is 11.1. The summed E-state index contributed by atoms with van der Waals surface area (Å²) in [6.07, 6.45) is 5.07. The van der Waals surface area contributed by atoms with Crippen molar-refractivity contribution in [3.8, 4) is 5.75 Å². The first-order chi connectivity index (χ1) is 14.8. The molecule has 168 valence electrons. The van der Waals surface area contributed by atoms with Crippen LogP contribution in [0.4, 0.5) is 5.69 Å². The lowest BCUT2D eigenvalue weighted by molar-refractivity contribution is -0.116. The van der Waals surface area contributed by atoms with Gasteiger partial charge in [0.1, 0.15) is 5.75 Å². The summed E-state index contributed by atoms with van der Waals surface area (Å²) in [5, 5.41) is 2.99. The standard InChI is InChI=1S/C26H35BrN2O2/c1-26(2,3)21-11-14-24(23(27)18-21)31-17-7-8-25(30)28-22-12-9-20(10-13-22)19-29-15-5-4-6-16-29/h9-14,18H,4-8,15-17,19H2,1-3H3,(H,28,30). The molecule has 5 heteroatoms. The van der Waals surface area contributed by atoms with Crippen molar-refractivity contribution >= 4 is 27.5 Å². The predicted octanol–water partition coefficient (Wildman–Crippen LogP) is 6.53. The molecule has 1 aliphatic rings. The normalized spacial score (nSPS) is 15.0. The van der Waals surface area contributed by atoms with Gasteiger partial charge in [0.15, 0.2) is 0 Å². The maximum absolute atomic E-state index is 12.3. The van der Waals surface area contributed by atoms with Gasteiger partial charge in [0.2, 0.25) is 5.91 Å². The number of carbonyl (C=O) groups is 1. The van der Waals surface area contributed by atoms with Crippen LogP contribution in [0.3, 0.4) is 0 Å². The summed E-state index contributed by atoms with van der Waals surface area (Å²) < 4.78 is 6.81. The van der Waals surface area contributed by atoms with Crippen molar-refractivity contribution in [3.05, 3.63) is 58.1 Å². The van der Waals surface area contributed by atoms with Gasteiger partial charge in [0.25, 0.3) is 0 Å². The molecule has 1 aliphatic heterocycles. The van der Waals surface area contributed by atoms with Crippen molar-refractivity contribution in [2.45, 2.75) is 64.8 Å². The van der Waals surface area contributed by atoms with E-state index in [4.69, 9.17) is 4.74 Å². The third-order valence-electron chi connectivity index (χ3n) is 5.70. The van der Waals surface area contributed by atoms with Crippen LogP contribution in [0.2, 0.25) is 0 Å². The molecule has 0 aromatic heterocycles. The summed E-state index contributed by atoms with van der Waals surface area (Å²) in [6, 6.07) is 14.4. The number of carbonyl (C=O) groups excluding carboxylic acids is 1. The number of anilines is 1. The fourth-order valence-electron chi connectivity index (χ4n) is 3.79. The summed E-state index contributed by atoms with van der Waals surface area (Å²) in [7, 11) is 0. The minimum atomic E-state index is 0.0227. The molecule has 0 unspecified atom stereocenters. The Balaban J connectivity index is 1.38. The van der Waals surface area contributed by atoms with Crippen LogP contribution in [0, 0.1) is 0 Å². The van der Waals surface area contributed by atoms with E-state index in [9.17, 15) is 4.79 Å². The molecule has 31 heavy (non-hydrogen) atoms. The minimum Gasteiger partial charge on any atom is -0.492 e. The number of ether oxygens (including phenoxy) is 1. The predicted molar refractivity (Wildman–Crippen MR) is 132 cm³/mol. The Morgan fingerprint density at radius 3 is 2.42 bits per heavy atom. The number of hydrogen-bond acceptors (Lipinski definition) is 3. The number of nitrogens with zero attached hydrogens (tertiary/aromatic N) is 1. The van der Waals surface area contributed by atoms with Crippen LogP contribution >= 0.6 is 15.9 Å². The van der Waals surface area contributed by atoms with Crippen molar-refractivity contribution in [3.63, 3.8) is 0 Å². The lowest BCUT2D eigenvalue weighted by atomic mass is 9.87. The Bertz CT molecular complexity index is 853. The molecule has 2 aromatic rings. The van der Waals surface area contributed by atoms with E-state index in [-0.39, 0.29) is 11.3 Å². The number of benzene rings is 2. The van der Waals surface area contributed by atoms with Crippen LogP contribution in [-0.2, 0) is 16.8 Å². The molecule has 0 atom stereocenters.